The molecule has 11 heavy (non-hydrogen) atoms. The standard InChI is InChI=1S/C4H7N3O2S2/c1-11(8,9)5-2-4-3-10-7-6-4/h3,5H,2H2,1H3. The van der Waals surface area contributed by atoms with Crippen LogP contribution in [0.1, 0.15) is 5.69 Å². The molecule has 0 unspecified atom stereocenters. The highest BCUT2D eigenvalue weighted by Crippen LogP contribution is 1.95. The third-order valence-corrected chi connectivity index (χ3v) is 2.14. The molecule has 0 aliphatic carbocycles. The molecule has 0 saturated heterocycles. The van der Waals surface area contributed by atoms with Crippen LogP contribution in [0.4, 0.5) is 0 Å². The van der Waals surface area contributed by atoms with Gasteiger partial charge in [0, 0.05) is 5.38 Å². The van der Waals surface area contributed by atoms with Crippen molar-refractivity contribution in [2.75, 3.05) is 6.26 Å². The van der Waals surface area contributed by atoms with Crippen LogP contribution >= 0.6 is 11.5 Å². The van der Waals surface area contributed by atoms with Crippen molar-refractivity contribution in [2.45, 2.75) is 6.54 Å². The molecule has 0 saturated carbocycles. The topological polar surface area (TPSA) is 72.0 Å². The second-order valence-corrected chi connectivity index (χ2v) is 4.43. The molecule has 0 aliphatic heterocycles. The molecular weight excluding hydrogens is 186 g/mol. The fourth-order valence-corrected chi connectivity index (χ4v) is 1.33. The maximum Gasteiger partial charge on any atom is 0.209 e. The summed E-state index contributed by atoms with van der Waals surface area (Å²) in [6.07, 6.45) is 1.10. The van der Waals surface area contributed by atoms with E-state index >= 15 is 0 Å². The lowest BCUT2D eigenvalue weighted by Gasteiger charge is -1.95. The van der Waals surface area contributed by atoms with E-state index in [2.05, 4.69) is 14.3 Å². The van der Waals surface area contributed by atoms with E-state index in [1.54, 1.807) is 5.38 Å². The van der Waals surface area contributed by atoms with Gasteiger partial charge in [-0.2, -0.15) is 0 Å². The summed E-state index contributed by atoms with van der Waals surface area (Å²) in [5.41, 5.74) is 0.639. The van der Waals surface area contributed by atoms with Gasteiger partial charge in [-0.15, -0.1) is 5.10 Å². The molecule has 1 rings (SSSR count). The van der Waals surface area contributed by atoms with Crippen molar-refractivity contribution in [1.29, 1.82) is 0 Å². The van der Waals surface area contributed by atoms with Gasteiger partial charge in [-0.25, -0.2) is 13.1 Å². The summed E-state index contributed by atoms with van der Waals surface area (Å²) in [7, 11) is -3.11. The Bertz CT molecular complexity index is 304. The summed E-state index contributed by atoms with van der Waals surface area (Å²) in [4.78, 5) is 0. The monoisotopic (exact) mass is 193 g/mol. The zero-order valence-electron chi connectivity index (χ0n) is 5.81. The van der Waals surface area contributed by atoms with E-state index in [1.807, 2.05) is 0 Å². The summed E-state index contributed by atoms with van der Waals surface area (Å²) in [6, 6.07) is 0. The fraction of sp³-hybridized carbons (Fsp3) is 0.500. The Morgan fingerprint density at radius 3 is 2.91 bits per heavy atom. The van der Waals surface area contributed by atoms with E-state index in [9.17, 15) is 8.42 Å². The Kier molecular flexibility index (Phi) is 2.53. The molecule has 0 amide bonds. The minimum absolute atomic E-state index is 0.218. The molecule has 0 aliphatic rings. The fourth-order valence-electron chi connectivity index (χ4n) is 0.466. The van der Waals surface area contributed by atoms with Gasteiger partial charge in [-0.05, 0) is 11.5 Å². The molecule has 0 aromatic carbocycles. The molecule has 1 aromatic rings. The molecule has 0 atom stereocenters. The highest BCUT2D eigenvalue weighted by atomic mass is 32.2. The zero-order chi connectivity index (χ0) is 8.32. The van der Waals surface area contributed by atoms with Crippen LogP contribution in [0, 0.1) is 0 Å². The van der Waals surface area contributed by atoms with E-state index in [0.29, 0.717) is 5.69 Å². The zero-order valence-corrected chi connectivity index (χ0v) is 7.44. The average molecular weight is 193 g/mol. The van der Waals surface area contributed by atoms with Crippen molar-refractivity contribution in [3.8, 4) is 0 Å². The Hall–Kier alpha value is -0.530. The first-order valence-electron chi connectivity index (χ1n) is 2.78. The summed E-state index contributed by atoms with van der Waals surface area (Å²) in [6.45, 7) is 0.218. The van der Waals surface area contributed by atoms with Crippen molar-refractivity contribution in [3.05, 3.63) is 11.1 Å². The number of nitrogens with one attached hydrogen (secondary N) is 1. The van der Waals surface area contributed by atoms with Crippen molar-refractivity contribution < 1.29 is 8.42 Å². The highest BCUT2D eigenvalue weighted by Gasteiger charge is 2.01. The van der Waals surface area contributed by atoms with Crippen LogP contribution in [0.2, 0.25) is 0 Å². The van der Waals surface area contributed by atoms with Crippen molar-refractivity contribution in [2.24, 2.45) is 0 Å². The molecule has 0 bridgehead atoms. The molecule has 7 heteroatoms. The molecule has 0 fully saturated rings. The van der Waals surface area contributed by atoms with Crippen molar-refractivity contribution >= 4 is 21.6 Å². The lowest BCUT2D eigenvalue weighted by molar-refractivity contribution is 0.586. The van der Waals surface area contributed by atoms with E-state index < -0.39 is 10.0 Å². The van der Waals surface area contributed by atoms with Gasteiger partial charge in [0.25, 0.3) is 0 Å². The van der Waals surface area contributed by atoms with Gasteiger partial charge in [0.2, 0.25) is 10.0 Å². The van der Waals surface area contributed by atoms with Gasteiger partial charge in [-0.1, -0.05) is 4.49 Å². The number of hydrogen-bond acceptors (Lipinski definition) is 5. The van der Waals surface area contributed by atoms with Crippen molar-refractivity contribution in [1.82, 2.24) is 14.3 Å². The molecule has 1 aromatic heterocycles. The Balaban J connectivity index is 2.48. The predicted molar refractivity (Wildman–Crippen MR) is 41.6 cm³/mol. The van der Waals surface area contributed by atoms with Crippen LogP contribution in [-0.2, 0) is 16.6 Å². The Morgan fingerprint density at radius 2 is 2.45 bits per heavy atom. The maximum absolute atomic E-state index is 10.6. The van der Waals surface area contributed by atoms with Gasteiger partial charge >= 0.3 is 0 Å². The smallest absolute Gasteiger partial charge is 0.209 e. The first-order valence-corrected chi connectivity index (χ1v) is 5.51. The normalized spacial score (nSPS) is 11.7. The van der Waals surface area contributed by atoms with Crippen LogP contribution in [0.5, 0.6) is 0 Å². The van der Waals surface area contributed by atoms with Gasteiger partial charge in [0.1, 0.15) is 0 Å². The number of rotatable bonds is 3. The Labute approximate surface area is 68.7 Å². The third kappa shape index (κ3) is 3.40. The summed E-state index contributed by atoms with van der Waals surface area (Å²) in [5.74, 6) is 0. The molecule has 0 spiro atoms. The van der Waals surface area contributed by atoms with E-state index in [-0.39, 0.29) is 6.54 Å². The van der Waals surface area contributed by atoms with Gasteiger partial charge in [-0.3, -0.25) is 0 Å². The first-order chi connectivity index (χ1) is 5.08. The molecule has 62 valence electrons. The van der Waals surface area contributed by atoms with Crippen LogP contribution in [0.15, 0.2) is 5.38 Å². The van der Waals surface area contributed by atoms with Gasteiger partial charge < -0.3 is 0 Å². The largest absolute Gasteiger partial charge is 0.213 e. The Morgan fingerprint density at radius 1 is 1.73 bits per heavy atom. The van der Waals surface area contributed by atoms with E-state index in [4.69, 9.17) is 0 Å². The van der Waals surface area contributed by atoms with Gasteiger partial charge in [0.05, 0.1) is 18.5 Å². The van der Waals surface area contributed by atoms with Crippen molar-refractivity contribution in [3.63, 3.8) is 0 Å². The van der Waals surface area contributed by atoms with E-state index in [1.165, 1.54) is 11.5 Å². The quantitative estimate of drug-likeness (QED) is 0.708. The highest BCUT2D eigenvalue weighted by molar-refractivity contribution is 7.88. The number of hydrogen-bond donors (Lipinski definition) is 1. The maximum atomic E-state index is 10.6. The minimum atomic E-state index is -3.11. The second-order valence-electron chi connectivity index (χ2n) is 1.99. The summed E-state index contributed by atoms with van der Waals surface area (Å²) in [5, 5.41) is 5.35. The minimum Gasteiger partial charge on any atom is -0.213 e. The summed E-state index contributed by atoms with van der Waals surface area (Å²) >= 11 is 1.19. The summed E-state index contributed by atoms with van der Waals surface area (Å²) < 4.78 is 27.0. The SMILES string of the molecule is CS(=O)(=O)NCc1csnn1. The van der Waals surface area contributed by atoms with Gasteiger partial charge in [0.15, 0.2) is 0 Å². The number of aromatic nitrogens is 2. The second kappa shape index (κ2) is 3.24. The molecular formula is C4H7N3O2S2. The molecule has 5 nitrogen and oxygen atoms in total. The van der Waals surface area contributed by atoms with Crippen LogP contribution in [0.25, 0.3) is 0 Å². The molecule has 0 radical (unpaired) electrons. The first kappa shape index (κ1) is 8.57. The molecule has 1 N–H and O–H groups in total. The average Bonchev–Trinajstić information content (AvgIpc) is 2.32. The van der Waals surface area contributed by atoms with Crippen LogP contribution < -0.4 is 4.72 Å². The molecule has 1 heterocycles. The number of sulfonamides is 1. The lowest BCUT2D eigenvalue weighted by Crippen LogP contribution is -2.21. The third-order valence-electron chi connectivity index (χ3n) is 0.921. The van der Waals surface area contributed by atoms with E-state index in [0.717, 1.165) is 6.26 Å². The van der Waals surface area contributed by atoms with Crippen LogP contribution in [0.3, 0.4) is 0 Å². The number of nitrogens with zero attached hydrogens (tertiary/aromatic N) is 2. The lowest BCUT2D eigenvalue weighted by atomic mass is 10.5. The van der Waals surface area contributed by atoms with Crippen LogP contribution in [-0.4, -0.2) is 24.3 Å². The predicted octanol–water partition coefficient (Wildman–Crippen LogP) is -0.413.